The van der Waals surface area contributed by atoms with Crippen LogP contribution in [0.25, 0.3) is 10.2 Å². The summed E-state index contributed by atoms with van der Waals surface area (Å²) >= 11 is 1.78. The lowest BCUT2D eigenvalue weighted by Gasteiger charge is -2.38. The number of hydrogen-bond acceptors (Lipinski definition) is 8. The number of fused-ring (bicyclic) bond motifs is 1. The van der Waals surface area contributed by atoms with Crippen LogP contribution in [-0.2, 0) is 11.3 Å². The van der Waals surface area contributed by atoms with Gasteiger partial charge in [-0.2, -0.15) is 0 Å². The van der Waals surface area contributed by atoms with Gasteiger partial charge in [-0.15, -0.1) is 5.10 Å². The first-order valence-electron chi connectivity index (χ1n) is 10.5. The van der Waals surface area contributed by atoms with Crippen molar-refractivity contribution in [3.63, 3.8) is 0 Å². The van der Waals surface area contributed by atoms with Gasteiger partial charge in [-0.05, 0) is 41.8 Å². The van der Waals surface area contributed by atoms with Crippen LogP contribution >= 0.6 is 11.3 Å². The first-order valence-corrected chi connectivity index (χ1v) is 11.4. The third-order valence-electron chi connectivity index (χ3n) is 5.95. The van der Waals surface area contributed by atoms with E-state index in [2.05, 4.69) is 56.5 Å². The summed E-state index contributed by atoms with van der Waals surface area (Å²) in [7, 11) is 0. The van der Waals surface area contributed by atoms with Crippen LogP contribution in [0.1, 0.15) is 38.1 Å². The summed E-state index contributed by atoms with van der Waals surface area (Å²) in [6, 6.07) is 8.61. The van der Waals surface area contributed by atoms with Crippen LogP contribution < -0.4 is 4.90 Å². The van der Waals surface area contributed by atoms with Gasteiger partial charge in [0.1, 0.15) is 0 Å². The minimum Gasteiger partial charge on any atom is -0.376 e. The quantitative estimate of drug-likeness (QED) is 0.615. The number of benzene rings is 1. The highest BCUT2D eigenvalue weighted by Gasteiger charge is 2.30. The molecule has 2 aliphatic heterocycles. The number of thiazole rings is 1. The number of nitrogens with zero attached hydrogens (tertiary/aromatic N) is 7. The lowest BCUT2D eigenvalue weighted by atomic mass is 10.1. The number of rotatable bonds is 6. The van der Waals surface area contributed by atoms with Crippen LogP contribution in [0.3, 0.4) is 0 Å². The van der Waals surface area contributed by atoms with E-state index in [1.54, 1.807) is 11.3 Å². The Morgan fingerprint density at radius 2 is 2.07 bits per heavy atom. The fourth-order valence-electron chi connectivity index (χ4n) is 4.39. The van der Waals surface area contributed by atoms with E-state index in [1.807, 2.05) is 4.68 Å². The molecule has 0 aliphatic carbocycles. The molecule has 2 unspecified atom stereocenters. The number of para-hydroxylation sites is 1. The summed E-state index contributed by atoms with van der Waals surface area (Å²) in [6.07, 6.45) is 3.46. The predicted molar refractivity (Wildman–Crippen MR) is 113 cm³/mol. The van der Waals surface area contributed by atoms with Gasteiger partial charge in [-0.25, -0.2) is 9.67 Å². The first-order chi connectivity index (χ1) is 14.3. The lowest BCUT2D eigenvalue weighted by molar-refractivity contribution is 0.0894. The Labute approximate surface area is 174 Å². The van der Waals surface area contributed by atoms with E-state index in [0.29, 0.717) is 0 Å². The van der Waals surface area contributed by atoms with Crippen molar-refractivity contribution in [1.82, 2.24) is 30.1 Å². The molecule has 0 spiro atoms. The smallest absolute Gasteiger partial charge is 0.186 e. The molecule has 3 aromatic rings. The molecule has 4 heterocycles. The summed E-state index contributed by atoms with van der Waals surface area (Å²) in [5.74, 6) is 0.969. The molecule has 9 heteroatoms. The average Bonchev–Trinajstić information content (AvgIpc) is 3.51. The molecule has 2 fully saturated rings. The third kappa shape index (κ3) is 3.86. The molecular formula is C20H27N7OS. The summed E-state index contributed by atoms with van der Waals surface area (Å²) in [4.78, 5) is 9.74. The molecule has 0 bridgehead atoms. The van der Waals surface area contributed by atoms with Crippen molar-refractivity contribution in [3.05, 3.63) is 30.1 Å². The van der Waals surface area contributed by atoms with E-state index in [1.165, 1.54) is 4.70 Å². The maximum atomic E-state index is 5.79. The van der Waals surface area contributed by atoms with Crippen molar-refractivity contribution in [2.75, 3.05) is 37.7 Å². The molecule has 0 N–H and O–H groups in total. The maximum Gasteiger partial charge on any atom is 0.186 e. The zero-order chi connectivity index (χ0) is 19.6. The molecule has 154 valence electrons. The topological polar surface area (TPSA) is 72.2 Å². The largest absolute Gasteiger partial charge is 0.376 e. The number of hydrogen-bond donors (Lipinski definition) is 0. The van der Waals surface area contributed by atoms with Gasteiger partial charge in [-0.3, -0.25) is 4.90 Å². The molecule has 8 nitrogen and oxygen atoms in total. The molecule has 2 atom stereocenters. The number of tetrazole rings is 1. The van der Waals surface area contributed by atoms with E-state index in [4.69, 9.17) is 9.72 Å². The Morgan fingerprint density at radius 3 is 2.83 bits per heavy atom. The highest BCUT2D eigenvalue weighted by Crippen LogP contribution is 2.31. The number of ether oxygens (including phenoxy) is 1. The molecule has 2 aromatic heterocycles. The maximum absolute atomic E-state index is 5.79. The van der Waals surface area contributed by atoms with Crippen molar-refractivity contribution in [2.24, 2.45) is 0 Å². The van der Waals surface area contributed by atoms with Crippen LogP contribution in [0.4, 0.5) is 5.13 Å². The second kappa shape index (κ2) is 8.33. The van der Waals surface area contributed by atoms with Gasteiger partial charge in [0.25, 0.3) is 0 Å². The minimum absolute atomic E-state index is 0.240. The van der Waals surface area contributed by atoms with Crippen molar-refractivity contribution < 1.29 is 4.74 Å². The normalized spacial score (nSPS) is 21.8. The molecule has 5 rings (SSSR count). The molecule has 0 radical (unpaired) electrons. The van der Waals surface area contributed by atoms with Gasteiger partial charge in [0, 0.05) is 32.8 Å². The fraction of sp³-hybridized carbons (Fsp3) is 0.600. The SMILES string of the molecule is CCC(c1nnnn1CC1CCCO1)N1CCN(c2nc3ccccc3s2)CC1. The van der Waals surface area contributed by atoms with E-state index < -0.39 is 0 Å². The van der Waals surface area contributed by atoms with Crippen LogP contribution in [-0.4, -0.2) is 69.0 Å². The Kier molecular flexibility index (Phi) is 5.43. The van der Waals surface area contributed by atoms with Crippen LogP contribution in [0, 0.1) is 0 Å². The standard InChI is InChI=1S/C20H27N7OS/c1-2-17(19-22-23-24-27(19)14-15-6-5-13-28-15)25-9-11-26(12-10-25)20-21-16-7-3-4-8-18(16)29-20/h3-4,7-8,15,17H,2,5-6,9-14H2,1H3. The van der Waals surface area contributed by atoms with E-state index in [-0.39, 0.29) is 12.1 Å². The summed E-state index contributed by atoms with van der Waals surface area (Å²) < 4.78 is 9.00. The molecule has 0 amide bonds. The Balaban J connectivity index is 1.26. The summed E-state index contributed by atoms with van der Waals surface area (Å²) in [6.45, 7) is 7.75. The van der Waals surface area contributed by atoms with Crippen LogP contribution in [0.5, 0.6) is 0 Å². The van der Waals surface area contributed by atoms with Crippen molar-refractivity contribution >= 4 is 26.7 Å². The van der Waals surface area contributed by atoms with Gasteiger partial charge in [0.2, 0.25) is 0 Å². The van der Waals surface area contributed by atoms with Crippen molar-refractivity contribution in [2.45, 2.75) is 44.9 Å². The zero-order valence-electron chi connectivity index (χ0n) is 16.8. The van der Waals surface area contributed by atoms with Crippen molar-refractivity contribution in [1.29, 1.82) is 0 Å². The first kappa shape index (κ1) is 18.9. The van der Waals surface area contributed by atoms with Gasteiger partial charge in [0.15, 0.2) is 11.0 Å². The van der Waals surface area contributed by atoms with Gasteiger partial charge in [0.05, 0.1) is 28.9 Å². The minimum atomic E-state index is 0.240. The van der Waals surface area contributed by atoms with Crippen molar-refractivity contribution in [3.8, 4) is 0 Å². The van der Waals surface area contributed by atoms with Gasteiger partial charge < -0.3 is 9.64 Å². The second-order valence-corrected chi connectivity index (χ2v) is 8.77. The molecule has 2 saturated heterocycles. The fourth-order valence-corrected chi connectivity index (χ4v) is 5.40. The molecular weight excluding hydrogens is 386 g/mol. The number of aromatic nitrogens is 5. The summed E-state index contributed by atoms with van der Waals surface area (Å²) in [5, 5.41) is 13.8. The van der Waals surface area contributed by atoms with E-state index in [0.717, 1.165) is 75.1 Å². The van der Waals surface area contributed by atoms with Crippen LogP contribution in [0.2, 0.25) is 0 Å². The monoisotopic (exact) mass is 413 g/mol. The zero-order valence-corrected chi connectivity index (χ0v) is 17.6. The third-order valence-corrected chi connectivity index (χ3v) is 7.05. The van der Waals surface area contributed by atoms with E-state index >= 15 is 0 Å². The van der Waals surface area contributed by atoms with Gasteiger partial charge in [-0.1, -0.05) is 30.4 Å². The van der Waals surface area contributed by atoms with Gasteiger partial charge >= 0.3 is 0 Å². The predicted octanol–water partition coefficient (Wildman–Crippen LogP) is 2.74. The molecule has 2 aliphatic rings. The molecule has 29 heavy (non-hydrogen) atoms. The van der Waals surface area contributed by atoms with E-state index in [9.17, 15) is 0 Å². The molecule has 1 aromatic carbocycles. The lowest BCUT2D eigenvalue weighted by Crippen LogP contribution is -2.48. The summed E-state index contributed by atoms with van der Waals surface area (Å²) in [5.41, 5.74) is 1.09. The highest BCUT2D eigenvalue weighted by atomic mass is 32.1. The Bertz CT molecular complexity index is 910. The average molecular weight is 414 g/mol. The van der Waals surface area contributed by atoms with Crippen LogP contribution in [0.15, 0.2) is 24.3 Å². The number of piperazine rings is 1. The Hall–Kier alpha value is -2.10. The Morgan fingerprint density at radius 1 is 1.21 bits per heavy atom. The number of anilines is 1. The molecule has 0 saturated carbocycles. The second-order valence-electron chi connectivity index (χ2n) is 7.77. The highest BCUT2D eigenvalue weighted by molar-refractivity contribution is 7.22.